The van der Waals surface area contributed by atoms with E-state index in [1.54, 1.807) is 6.92 Å². The van der Waals surface area contributed by atoms with Gasteiger partial charge in [0.1, 0.15) is 18.2 Å². The fourth-order valence-electron chi connectivity index (χ4n) is 5.75. The lowest BCUT2D eigenvalue weighted by molar-refractivity contribution is -0.158. The molecule has 2 amide bonds. The summed E-state index contributed by atoms with van der Waals surface area (Å²) >= 11 is 0. The van der Waals surface area contributed by atoms with Gasteiger partial charge >= 0.3 is 5.97 Å². The van der Waals surface area contributed by atoms with E-state index >= 15 is 0 Å². The standard InChI is InChI=1S/C41H48N2O5/c1-6-38(45)43(28-31(2)29-48-40(3,4)5)36(39(46)47-30-32-19-11-7-12-20-32)27-37(44)42-41(33-21-13-8-14-22-33,34-23-15-9-16-24-34)35-25-17-10-18-26-35/h7-26,31,36H,6,27-30H2,1-5H3,(H,42,44)/t31-,36+/m1/s1. The van der Waals surface area contributed by atoms with Crippen molar-refractivity contribution in [3.8, 4) is 0 Å². The molecule has 0 heterocycles. The Bertz CT molecular complexity index is 1490. The van der Waals surface area contributed by atoms with Gasteiger partial charge in [0.15, 0.2) is 0 Å². The number of amides is 2. The van der Waals surface area contributed by atoms with Crippen molar-refractivity contribution in [2.24, 2.45) is 5.92 Å². The van der Waals surface area contributed by atoms with E-state index in [1.807, 2.05) is 149 Å². The van der Waals surface area contributed by atoms with Crippen molar-refractivity contribution in [2.75, 3.05) is 13.2 Å². The highest BCUT2D eigenvalue weighted by molar-refractivity contribution is 5.90. The second-order valence-corrected chi connectivity index (χ2v) is 13.1. The van der Waals surface area contributed by atoms with E-state index in [2.05, 4.69) is 5.32 Å². The van der Waals surface area contributed by atoms with Crippen LogP contribution in [0.5, 0.6) is 0 Å². The lowest BCUT2D eigenvalue weighted by Gasteiger charge is -2.38. The van der Waals surface area contributed by atoms with Crippen LogP contribution in [0.1, 0.15) is 69.7 Å². The SMILES string of the molecule is CCC(=O)N(C[C@@H](C)COC(C)(C)C)[C@@H](CC(=O)NC(c1ccccc1)(c1ccccc1)c1ccccc1)C(=O)OCc1ccccc1. The quantitative estimate of drug-likeness (QED) is 0.108. The van der Waals surface area contributed by atoms with E-state index in [9.17, 15) is 14.4 Å². The third-order valence-corrected chi connectivity index (χ3v) is 8.13. The normalized spacial score (nSPS) is 12.9. The maximum absolute atomic E-state index is 14.4. The maximum atomic E-state index is 14.4. The molecule has 0 bridgehead atoms. The molecule has 0 spiro atoms. The summed E-state index contributed by atoms with van der Waals surface area (Å²) in [4.78, 5) is 43.4. The van der Waals surface area contributed by atoms with Crippen LogP contribution < -0.4 is 5.32 Å². The second-order valence-electron chi connectivity index (χ2n) is 13.1. The Balaban J connectivity index is 1.73. The summed E-state index contributed by atoms with van der Waals surface area (Å²) in [5, 5.41) is 3.34. The summed E-state index contributed by atoms with van der Waals surface area (Å²) in [6, 6.07) is 37.5. The fraction of sp³-hybridized carbons (Fsp3) is 0.341. The van der Waals surface area contributed by atoms with Gasteiger partial charge in [0.2, 0.25) is 11.8 Å². The summed E-state index contributed by atoms with van der Waals surface area (Å²) < 4.78 is 11.8. The van der Waals surface area contributed by atoms with Crippen LogP contribution in [0.4, 0.5) is 0 Å². The third kappa shape index (κ3) is 9.64. The average molecular weight is 649 g/mol. The Morgan fingerprint density at radius 2 is 1.19 bits per heavy atom. The minimum atomic E-state index is -1.15. The zero-order valence-electron chi connectivity index (χ0n) is 28.7. The predicted octanol–water partition coefficient (Wildman–Crippen LogP) is 7.29. The van der Waals surface area contributed by atoms with Gasteiger partial charge in [-0.25, -0.2) is 4.79 Å². The molecule has 0 aliphatic heterocycles. The Labute approximate surface area is 285 Å². The molecule has 4 aromatic rings. The van der Waals surface area contributed by atoms with Gasteiger partial charge < -0.3 is 19.7 Å². The maximum Gasteiger partial charge on any atom is 0.329 e. The molecule has 0 unspecified atom stereocenters. The molecule has 252 valence electrons. The molecule has 7 heteroatoms. The van der Waals surface area contributed by atoms with E-state index in [0.29, 0.717) is 6.61 Å². The van der Waals surface area contributed by atoms with Gasteiger partial charge in [-0.2, -0.15) is 0 Å². The molecule has 0 aliphatic carbocycles. The van der Waals surface area contributed by atoms with Gasteiger partial charge in [-0.15, -0.1) is 0 Å². The molecule has 0 fully saturated rings. The summed E-state index contributed by atoms with van der Waals surface area (Å²) in [5.74, 6) is -1.39. The van der Waals surface area contributed by atoms with Crippen molar-refractivity contribution in [3.05, 3.63) is 144 Å². The number of carbonyl (C=O) groups is 3. The van der Waals surface area contributed by atoms with Gasteiger partial charge in [0.05, 0.1) is 18.6 Å². The number of ether oxygens (including phenoxy) is 2. The number of hydrogen-bond acceptors (Lipinski definition) is 5. The highest BCUT2D eigenvalue weighted by atomic mass is 16.5. The first-order valence-electron chi connectivity index (χ1n) is 16.6. The predicted molar refractivity (Wildman–Crippen MR) is 189 cm³/mol. The monoisotopic (exact) mass is 648 g/mol. The minimum Gasteiger partial charge on any atom is -0.459 e. The molecule has 0 saturated heterocycles. The molecule has 0 radical (unpaired) electrons. The number of nitrogens with one attached hydrogen (secondary N) is 1. The molecule has 4 aromatic carbocycles. The summed E-state index contributed by atoms with van der Waals surface area (Å²) in [7, 11) is 0. The Kier molecular flexibility index (Phi) is 12.7. The topological polar surface area (TPSA) is 84.9 Å². The van der Waals surface area contributed by atoms with Crippen LogP contribution in [0.2, 0.25) is 0 Å². The number of esters is 1. The summed E-state index contributed by atoms with van der Waals surface area (Å²) in [5.41, 5.74) is 1.94. The van der Waals surface area contributed by atoms with Crippen molar-refractivity contribution >= 4 is 17.8 Å². The molecule has 48 heavy (non-hydrogen) atoms. The van der Waals surface area contributed by atoms with Gasteiger partial charge in [0.25, 0.3) is 0 Å². The first-order chi connectivity index (χ1) is 23.0. The van der Waals surface area contributed by atoms with Gasteiger partial charge in [-0.3, -0.25) is 9.59 Å². The average Bonchev–Trinajstić information content (AvgIpc) is 3.11. The van der Waals surface area contributed by atoms with E-state index < -0.39 is 23.5 Å². The molecule has 0 aliphatic rings. The van der Waals surface area contributed by atoms with Crippen molar-refractivity contribution in [1.82, 2.24) is 10.2 Å². The fourth-order valence-corrected chi connectivity index (χ4v) is 5.75. The molecular weight excluding hydrogens is 600 g/mol. The third-order valence-electron chi connectivity index (χ3n) is 8.13. The van der Waals surface area contributed by atoms with Crippen molar-refractivity contribution in [3.63, 3.8) is 0 Å². The number of carbonyl (C=O) groups excluding carboxylic acids is 3. The van der Waals surface area contributed by atoms with Crippen molar-refractivity contribution in [1.29, 1.82) is 0 Å². The molecule has 0 aromatic heterocycles. The molecular formula is C41H48N2O5. The molecule has 0 saturated carbocycles. The van der Waals surface area contributed by atoms with Crippen LogP contribution in [-0.4, -0.2) is 47.5 Å². The smallest absolute Gasteiger partial charge is 0.329 e. The number of benzene rings is 4. The zero-order valence-corrected chi connectivity index (χ0v) is 28.7. The zero-order chi connectivity index (χ0) is 34.6. The minimum absolute atomic E-state index is 0.0244. The van der Waals surface area contributed by atoms with Crippen LogP contribution >= 0.6 is 0 Å². The Hall–Kier alpha value is -4.75. The molecule has 1 N–H and O–H groups in total. The summed E-state index contributed by atoms with van der Waals surface area (Å²) in [6.07, 6.45) is -0.126. The Morgan fingerprint density at radius 1 is 0.729 bits per heavy atom. The number of nitrogens with zero attached hydrogens (tertiary/aromatic N) is 1. The van der Waals surface area contributed by atoms with Crippen LogP contribution in [0.25, 0.3) is 0 Å². The number of hydrogen-bond donors (Lipinski definition) is 1. The van der Waals surface area contributed by atoms with Gasteiger partial charge in [-0.05, 0) is 48.9 Å². The number of rotatable bonds is 15. The summed E-state index contributed by atoms with van der Waals surface area (Å²) in [6.45, 7) is 10.3. The van der Waals surface area contributed by atoms with Gasteiger partial charge in [-0.1, -0.05) is 135 Å². The van der Waals surface area contributed by atoms with Gasteiger partial charge in [0, 0.05) is 13.0 Å². The second kappa shape index (κ2) is 16.9. The van der Waals surface area contributed by atoms with Crippen LogP contribution in [-0.2, 0) is 36.0 Å². The van der Waals surface area contributed by atoms with E-state index in [1.165, 1.54) is 4.90 Å². The lowest BCUT2D eigenvalue weighted by atomic mass is 9.77. The van der Waals surface area contributed by atoms with Crippen molar-refractivity contribution in [2.45, 2.75) is 71.2 Å². The van der Waals surface area contributed by atoms with Crippen LogP contribution in [0.3, 0.4) is 0 Å². The van der Waals surface area contributed by atoms with Crippen LogP contribution in [0, 0.1) is 5.92 Å². The molecule has 7 nitrogen and oxygen atoms in total. The highest BCUT2D eigenvalue weighted by Gasteiger charge is 2.40. The van der Waals surface area contributed by atoms with Crippen LogP contribution in [0.15, 0.2) is 121 Å². The van der Waals surface area contributed by atoms with E-state index in [-0.39, 0.29) is 43.4 Å². The van der Waals surface area contributed by atoms with E-state index in [4.69, 9.17) is 9.47 Å². The Morgan fingerprint density at radius 3 is 1.62 bits per heavy atom. The highest BCUT2D eigenvalue weighted by Crippen LogP contribution is 2.37. The largest absolute Gasteiger partial charge is 0.459 e. The van der Waals surface area contributed by atoms with Crippen molar-refractivity contribution < 1.29 is 23.9 Å². The first kappa shape index (κ1) is 36.1. The molecule has 2 atom stereocenters. The lowest BCUT2D eigenvalue weighted by Crippen LogP contribution is -2.53. The molecule has 4 rings (SSSR count). The van der Waals surface area contributed by atoms with E-state index in [0.717, 1.165) is 22.3 Å². The first-order valence-corrected chi connectivity index (χ1v) is 16.6.